The molecule has 2 aromatic rings. The van der Waals surface area contributed by atoms with Gasteiger partial charge in [0, 0.05) is 18.0 Å². The zero-order chi connectivity index (χ0) is 17.9. The predicted molar refractivity (Wildman–Crippen MR) is 102 cm³/mol. The molecule has 2 fully saturated rings. The van der Waals surface area contributed by atoms with Gasteiger partial charge in [-0.05, 0) is 79.7 Å². The van der Waals surface area contributed by atoms with E-state index in [1.807, 2.05) is 0 Å². The smallest absolute Gasteiger partial charge is 0.224 e. The lowest BCUT2D eigenvalue weighted by molar-refractivity contribution is -0.116. The van der Waals surface area contributed by atoms with Crippen LogP contribution >= 0.6 is 12.4 Å². The third-order valence-corrected chi connectivity index (χ3v) is 5.13. The summed E-state index contributed by atoms with van der Waals surface area (Å²) in [6, 6.07) is 4.51. The van der Waals surface area contributed by atoms with E-state index in [9.17, 15) is 9.18 Å². The molecule has 0 bridgehead atoms. The Morgan fingerprint density at radius 1 is 1.26 bits per heavy atom. The van der Waals surface area contributed by atoms with Crippen LogP contribution in [0.1, 0.15) is 50.3 Å². The van der Waals surface area contributed by atoms with Gasteiger partial charge in [-0.3, -0.25) is 4.79 Å². The van der Waals surface area contributed by atoms with Crippen molar-refractivity contribution in [2.24, 2.45) is 5.92 Å². The molecule has 0 spiro atoms. The Labute approximate surface area is 163 Å². The van der Waals surface area contributed by atoms with E-state index in [1.165, 1.54) is 10.7 Å². The molecule has 1 aliphatic heterocycles. The highest BCUT2D eigenvalue weighted by Gasteiger charge is 2.30. The van der Waals surface area contributed by atoms with Crippen molar-refractivity contribution in [3.8, 4) is 5.69 Å². The summed E-state index contributed by atoms with van der Waals surface area (Å²) in [5, 5.41) is 17.8. The van der Waals surface area contributed by atoms with Crippen molar-refractivity contribution in [1.29, 1.82) is 0 Å². The second-order valence-corrected chi connectivity index (χ2v) is 7.17. The van der Waals surface area contributed by atoms with Gasteiger partial charge in [-0.1, -0.05) is 0 Å². The van der Waals surface area contributed by atoms with Crippen molar-refractivity contribution in [2.45, 2.75) is 44.4 Å². The summed E-state index contributed by atoms with van der Waals surface area (Å²) in [6.45, 7) is 2.06. The van der Waals surface area contributed by atoms with E-state index in [2.05, 4.69) is 26.2 Å². The Morgan fingerprint density at radius 3 is 2.78 bits per heavy atom. The first-order chi connectivity index (χ1) is 12.7. The molecular formula is C18H24ClFN6O. The second kappa shape index (κ2) is 8.75. The van der Waals surface area contributed by atoms with Gasteiger partial charge >= 0.3 is 0 Å². The monoisotopic (exact) mass is 394 g/mol. The molecule has 0 atom stereocenters. The molecule has 27 heavy (non-hydrogen) atoms. The van der Waals surface area contributed by atoms with E-state index in [0.29, 0.717) is 29.8 Å². The van der Waals surface area contributed by atoms with Crippen molar-refractivity contribution in [3.05, 3.63) is 29.8 Å². The number of aromatic nitrogens is 4. The van der Waals surface area contributed by atoms with Gasteiger partial charge in [-0.25, -0.2) is 4.39 Å². The van der Waals surface area contributed by atoms with Crippen LogP contribution in [0.15, 0.2) is 18.2 Å². The minimum atomic E-state index is -0.410. The predicted octanol–water partition coefficient (Wildman–Crippen LogP) is 2.82. The zero-order valence-electron chi connectivity index (χ0n) is 15.0. The molecule has 1 amide bonds. The number of anilines is 1. The quantitative estimate of drug-likeness (QED) is 0.787. The van der Waals surface area contributed by atoms with E-state index in [0.717, 1.165) is 45.2 Å². The zero-order valence-corrected chi connectivity index (χ0v) is 15.8. The lowest BCUT2D eigenvalue weighted by atomic mass is 9.93. The van der Waals surface area contributed by atoms with Crippen LogP contribution in [-0.2, 0) is 4.79 Å². The number of halogens is 2. The van der Waals surface area contributed by atoms with Gasteiger partial charge in [0.2, 0.25) is 5.91 Å². The van der Waals surface area contributed by atoms with Crippen molar-refractivity contribution < 1.29 is 9.18 Å². The van der Waals surface area contributed by atoms with Crippen LogP contribution in [0.2, 0.25) is 0 Å². The van der Waals surface area contributed by atoms with Gasteiger partial charge in [0.1, 0.15) is 11.5 Å². The van der Waals surface area contributed by atoms with Gasteiger partial charge < -0.3 is 10.6 Å². The van der Waals surface area contributed by atoms with E-state index in [4.69, 9.17) is 0 Å². The number of hydrogen-bond acceptors (Lipinski definition) is 5. The molecule has 0 unspecified atom stereocenters. The fraction of sp³-hybridized carbons (Fsp3) is 0.556. The Hall–Kier alpha value is -2.06. The fourth-order valence-corrected chi connectivity index (χ4v) is 3.44. The minimum Gasteiger partial charge on any atom is -0.326 e. The third-order valence-electron chi connectivity index (χ3n) is 5.13. The standard InChI is InChI=1S/C18H23FN6O.ClH/c19-15-5-4-14(21-17(26)6-1-12-7-9-20-10-8-12)11-16(15)25-18(13-2-3-13)22-23-24-25;/h4-5,11-13,20H,1-3,6-10H2,(H,21,26);1H. The highest BCUT2D eigenvalue weighted by molar-refractivity contribution is 5.91. The van der Waals surface area contributed by atoms with Crippen molar-refractivity contribution >= 4 is 24.0 Å². The van der Waals surface area contributed by atoms with Crippen molar-refractivity contribution in [2.75, 3.05) is 18.4 Å². The van der Waals surface area contributed by atoms with E-state index in [-0.39, 0.29) is 24.0 Å². The molecule has 4 rings (SSSR count). The maximum atomic E-state index is 14.3. The first kappa shape index (κ1) is 19.7. The second-order valence-electron chi connectivity index (χ2n) is 7.17. The number of rotatable bonds is 6. The number of carbonyl (C=O) groups is 1. The molecule has 1 saturated heterocycles. The maximum absolute atomic E-state index is 14.3. The van der Waals surface area contributed by atoms with Crippen molar-refractivity contribution in [1.82, 2.24) is 25.5 Å². The molecule has 2 N–H and O–H groups in total. The lowest BCUT2D eigenvalue weighted by Crippen LogP contribution is -2.28. The number of tetrazole rings is 1. The van der Waals surface area contributed by atoms with Crippen LogP contribution in [0.3, 0.4) is 0 Å². The molecule has 1 aromatic carbocycles. The summed E-state index contributed by atoms with van der Waals surface area (Å²) in [5.74, 6) is 1.13. The van der Waals surface area contributed by atoms with Gasteiger partial charge in [0.05, 0.1) is 0 Å². The first-order valence-corrected chi connectivity index (χ1v) is 9.29. The number of nitrogens with zero attached hydrogens (tertiary/aromatic N) is 4. The maximum Gasteiger partial charge on any atom is 0.224 e. The largest absolute Gasteiger partial charge is 0.326 e. The van der Waals surface area contributed by atoms with Crippen LogP contribution in [-0.4, -0.2) is 39.2 Å². The van der Waals surface area contributed by atoms with Gasteiger partial charge in [0.25, 0.3) is 0 Å². The number of nitrogens with one attached hydrogen (secondary N) is 2. The fourth-order valence-electron chi connectivity index (χ4n) is 3.44. The Balaban J connectivity index is 0.00000210. The summed E-state index contributed by atoms with van der Waals surface area (Å²) in [6.07, 6.45) is 5.66. The number of carbonyl (C=O) groups excluding carboxylic acids is 1. The average molecular weight is 395 g/mol. The molecule has 146 valence electrons. The van der Waals surface area contributed by atoms with Crippen LogP contribution < -0.4 is 10.6 Å². The molecule has 1 aliphatic carbocycles. The number of amides is 1. The van der Waals surface area contributed by atoms with Gasteiger partial charge in [0.15, 0.2) is 5.82 Å². The molecule has 2 aliphatic rings. The van der Waals surface area contributed by atoms with E-state index in [1.54, 1.807) is 12.1 Å². The summed E-state index contributed by atoms with van der Waals surface area (Å²) in [7, 11) is 0. The molecular weight excluding hydrogens is 371 g/mol. The highest BCUT2D eigenvalue weighted by Crippen LogP contribution is 2.39. The first-order valence-electron chi connectivity index (χ1n) is 9.29. The summed E-state index contributed by atoms with van der Waals surface area (Å²) >= 11 is 0. The topological polar surface area (TPSA) is 84.7 Å². The average Bonchev–Trinajstić information content (AvgIpc) is 3.39. The van der Waals surface area contributed by atoms with Gasteiger partial charge in [-0.2, -0.15) is 4.68 Å². The van der Waals surface area contributed by atoms with Crippen LogP contribution in [0, 0.1) is 11.7 Å². The summed E-state index contributed by atoms with van der Waals surface area (Å²) in [4.78, 5) is 12.3. The summed E-state index contributed by atoms with van der Waals surface area (Å²) < 4.78 is 15.7. The molecule has 2 heterocycles. The molecule has 1 aromatic heterocycles. The normalized spacial score (nSPS) is 17.4. The molecule has 0 radical (unpaired) electrons. The van der Waals surface area contributed by atoms with Crippen LogP contribution in [0.5, 0.6) is 0 Å². The molecule has 7 nitrogen and oxygen atoms in total. The number of hydrogen-bond donors (Lipinski definition) is 2. The number of benzene rings is 1. The van der Waals surface area contributed by atoms with E-state index >= 15 is 0 Å². The highest BCUT2D eigenvalue weighted by atomic mass is 35.5. The van der Waals surface area contributed by atoms with Gasteiger partial charge in [-0.15, -0.1) is 17.5 Å². The molecule has 9 heteroatoms. The summed E-state index contributed by atoms with van der Waals surface area (Å²) in [5.41, 5.74) is 0.835. The lowest BCUT2D eigenvalue weighted by Gasteiger charge is -2.22. The Bertz CT molecular complexity index is 788. The van der Waals surface area contributed by atoms with Crippen LogP contribution in [0.25, 0.3) is 5.69 Å². The van der Waals surface area contributed by atoms with Crippen molar-refractivity contribution in [3.63, 3.8) is 0 Å². The Kier molecular flexibility index (Phi) is 6.38. The molecule has 1 saturated carbocycles. The van der Waals surface area contributed by atoms with E-state index < -0.39 is 5.82 Å². The third kappa shape index (κ3) is 4.81. The van der Waals surface area contributed by atoms with Crippen LogP contribution in [0.4, 0.5) is 10.1 Å². The Morgan fingerprint density at radius 2 is 2.04 bits per heavy atom. The SMILES string of the molecule is Cl.O=C(CCC1CCNCC1)Nc1ccc(F)c(-n2nnnc2C2CC2)c1. The number of piperidine rings is 1. The minimum absolute atomic E-state index is 0.